The highest BCUT2D eigenvalue weighted by Gasteiger charge is 1.99. The van der Waals surface area contributed by atoms with E-state index in [4.69, 9.17) is 16.7 Å². The molecule has 1 rings (SSSR count). The average Bonchev–Trinajstić information content (AvgIpc) is 2.26. The van der Waals surface area contributed by atoms with E-state index in [1.165, 1.54) is 5.56 Å². The van der Waals surface area contributed by atoms with Crippen LogP contribution >= 0.6 is 11.6 Å². The summed E-state index contributed by atoms with van der Waals surface area (Å²) in [6, 6.07) is 6.14. The Bertz CT molecular complexity index is 315. The fraction of sp³-hybridized carbons (Fsp3) is 0.538. The molecule has 0 saturated carbocycles. The summed E-state index contributed by atoms with van der Waals surface area (Å²) >= 11 is 6.12. The van der Waals surface area contributed by atoms with E-state index in [0.717, 1.165) is 42.9 Å². The van der Waals surface area contributed by atoms with E-state index < -0.39 is 0 Å². The van der Waals surface area contributed by atoms with Gasteiger partial charge in [0.1, 0.15) is 0 Å². The van der Waals surface area contributed by atoms with Gasteiger partial charge in [-0.25, -0.2) is 0 Å². The summed E-state index contributed by atoms with van der Waals surface area (Å²) < 4.78 is 0. The van der Waals surface area contributed by atoms with E-state index in [9.17, 15) is 0 Å². The smallest absolute Gasteiger partial charge is 0.0453 e. The number of hydrogen-bond acceptors (Lipinski definition) is 2. The van der Waals surface area contributed by atoms with E-state index in [1.807, 2.05) is 13.0 Å². The Morgan fingerprint density at radius 1 is 1.25 bits per heavy atom. The van der Waals surface area contributed by atoms with Gasteiger partial charge in [0.25, 0.3) is 0 Å². The van der Waals surface area contributed by atoms with Crippen molar-refractivity contribution < 1.29 is 5.11 Å². The van der Waals surface area contributed by atoms with Crippen molar-refractivity contribution in [2.45, 2.75) is 32.7 Å². The molecule has 0 amide bonds. The van der Waals surface area contributed by atoms with Crippen molar-refractivity contribution in [1.29, 1.82) is 0 Å². The number of nitrogens with one attached hydrogen (secondary N) is 1. The van der Waals surface area contributed by atoms with Crippen LogP contribution in [0.2, 0.25) is 5.02 Å². The second-order valence-electron chi connectivity index (χ2n) is 4.06. The van der Waals surface area contributed by atoms with E-state index in [2.05, 4.69) is 17.4 Å². The Balaban J connectivity index is 2.21. The Labute approximate surface area is 103 Å². The van der Waals surface area contributed by atoms with Crippen LogP contribution in [-0.2, 0) is 6.54 Å². The number of aryl methyl sites for hydroxylation is 1. The van der Waals surface area contributed by atoms with Crippen molar-refractivity contribution in [3.8, 4) is 0 Å². The third kappa shape index (κ3) is 4.97. The Hall–Kier alpha value is -0.570. The molecule has 0 radical (unpaired) electrons. The van der Waals surface area contributed by atoms with Crippen molar-refractivity contribution in [3.05, 3.63) is 34.3 Å². The fourth-order valence-electron chi connectivity index (χ4n) is 1.56. The molecule has 1 aromatic carbocycles. The van der Waals surface area contributed by atoms with Crippen LogP contribution < -0.4 is 5.32 Å². The lowest BCUT2D eigenvalue weighted by Gasteiger charge is -2.07. The second kappa shape index (κ2) is 7.66. The highest BCUT2D eigenvalue weighted by molar-refractivity contribution is 6.31. The molecule has 0 bridgehead atoms. The summed E-state index contributed by atoms with van der Waals surface area (Å²) in [5.41, 5.74) is 2.34. The number of unbranched alkanes of at least 4 members (excludes halogenated alkanes) is 2. The van der Waals surface area contributed by atoms with E-state index in [1.54, 1.807) is 0 Å². The molecule has 0 unspecified atom stereocenters. The highest BCUT2D eigenvalue weighted by Crippen LogP contribution is 2.17. The zero-order valence-corrected chi connectivity index (χ0v) is 10.6. The van der Waals surface area contributed by atoms with E-state index in [0.29, 0.717) is 6.61 Å². The monoisotopic (exact) mass is 241 g/mol. The van der Waals surface area contributed by atoms with Gasteiger partial charge in [0.2, 0.25) is 0 Å². The minimum Gasteiger partial charge on any atom is -0.396 e. The number of hydrogen-bond donors (Lipinski definition) is 2. The Morgan fingerprint density at radius 2 is 2.06 bits per heavy atom. The third-order valence-corrected chi connectivity index (χ3v) is 2.89. The van der Waals surface area contributed by atoms with Crippen LogP contribution in [0.3, 0.4) is 0 Å². The molecular weight excluding hydrogens is 222 g/mol. The predicted molar refractivity (Wildman–Crippen MR) is 68.8 cm³/mol. The molecule has 0 fully saturated rings. The van der Waals surface area contributed by atoms with Gasteiger partial charge >= 0.3 is 0 Å². The number of halogens is 1. The molecule has 3 heteroatoms. The van der Waals surface area contributed by atoms with Crippen molar-refractivity contribution in [2.75, 3.05) is 13.2 Å². The van der Waals surface area contributed by atoms with Crippen LogP contribution in [0.4, 0.5) is 0 Å². The zero-order chi connectivity index (χ0) is 11.8. The van der Waals surface area contributed by atoms with Gasteiger partial charge in [0.15, 0.2) is 0 Å². The summed E-state index contributed by atoms with van der Waals surface area (Å²) in [6.07, 6.45) is 3.07. The lowest BCUT2D eigenvalue weighted by atomic mass is 10.1. The molecule has 0 saturated heterocycles. The molecule has 0 atom stereocenters. The lowest BCUT2D eigenvalue weighted by molar-refractivity contribution is 0.283. The van der Waals surface area contributed by atoms with Crippen LogP contribution in [0.5, 0.6) is 0 Å². The number of benzene rings is 1. The summed E-state index contributed by atoms with van der Waals surface area (Å²) in [6.45, 7) is 4.13. The van der Waals surface area contributed by atoms with Gasteiger partial charge in [-0.2, -0.15) is 0 Å². The zero-order valence-electron chi connectivity index (χ0n) is 9.80. The Morgan fingerprint density at radius 3 is 2.75 bits per heavy atom. The number of rotatable bonds is 7. The largest absolute Gasteiger partial charge is 0.396 e. The van der Waals surface area contributed by atoms with Crippen molar-refractivity contribution in [3.63, 3.8) is 0 Å². The van der Waals surface area contributed by atoms with Crippen LogP contribution in [0.15, 0.2) is 18.2 Å². The molecule has 2 N–H and O–H groups in total. The molecule has 2 nitrogen and oxygen atoms in total. The van der Waals surface area contributed by atoms with Crippen molar-refractivity contribution in [1.82, 2.24) is 5.32 Å². The summed E-state index contributed by atoms with van der Waals surface area (Å²) in [5, 5.41) is 12.8. The summed E-state index contributed by atoms with van der Waals surface area (Å²) in [5.74, 6) is 0. The minimum atomic E-state index is 0.295. The molecule has 0 aliphatic heterocycles. The maximum atomic E-state index is 8.63. The molecule has 0 heterocycles. The first-order chi connectivity index (χ1) is 7.74. The maximum Gasteiger partial charge on any atom is 0.0453 e. The van der Waals surface area contributed by atoms with Crippen LogP contribution in [0.25, 0.3) is 0 Å². The van der Waals surface area contributed by atoms with E-state index in [-0.39, 0.29) is 0 Å². The standard InChI is InChI=1S/C13H20ClNO/c1-11-5-6-12(13(14)9-11)10-15-7-3-2-4-8-16/h5-6,9,15-16H,2-4,7-8,10H2,1H3. The first kappa shape index (κ1) is 13.5. The van der Waals surface area contributed by atoms with Gasteiger partial charge in [-0.3, -0.25) is 0 Å². The first-order valence-corrected chi connectivity index (χ1v) is 6.18. The fourth-order valence-corrected chi connectivity index (χ4v) is 1.86. The predicted octanol–water partition coefficient (Wildman–Crippen LogP) is 2.90. The first-order valence-electron chi connectivity index (χ1n) is 5.80. The van der Waals surface area contributed by atoms with Gasteiger partial charge in [-0.15, -0.1) is 0 Å². The van der Waals surface area contributed by atoms with Crippen molar-refractivity contribution in [2.24, 2.45) is 0 Å². The van der Waals surface area contributed by atoms with Crippen LogP contribution in [-0.4, -0.2) is 18.3 Å². The second-order valence-corrected chi connectivity index (χ2v) is 4.46. The Kier molecular flexibility index (Phi) is 6.46. The summed E-state index contributed by atoms with van der Waals surface area (Å²) in [4.78, 5) is 0. The number of aliphatic hydroxyl groups excluding tert-OH is 1. The van der Waals surface area contributed by atoms with Crippen molar-refractivity contribution >= 4 is 11.6 Å². The quantitative estimate of drug-likeness (QED) is 0.720. The topological polar surface area (TPSA) is 32.3 Å². The molecule has 0 aromatic heterocycles. The molecule has 0 spiro atoms. The molecule has 90 valence electrons. The summed E-state index contributed by atoms with van der Waals surface area (Å²) in [7, 11) is 0. The minimum absolute atomic E-state index is 0.295. The molecular formula is C13H20ClNO. The lowest BCUT2D eigenvalue weighted by Crippen LogP contribution is -2.15. The van der Waals surface area contributed by atoms with Gasteiger partial charge in [-0.05, 0) is 49.9 Å². The van der Waals surface area contributed by atoms with Gasteiger partial charge in [0.05, 0.1) is 0 Å². The molecule has 1 aromatic rings. The average molecular weight is 242 g/mol. The molecule has 16 heavy (non-hydrogen) atoms. The SMILES string of the molecule is Cc1ccc(CNCCCCCO)c(Cl)c1. The normalized spacial score (nSPS) is 10.7. The van der Waals surface area contributed by atoms with Crippen LogP contribution in [0.1, 0.15) is 30.4 Å². The highest BCUT2D eigenvalue weighted by atomic mass is 35.5. The maximum absolute atomic E-state index is 8.63. The van der Waals surface area contributed by atoms with E-state index >= 15 is 0 Å². The van der Waals surface area contributed by atoms with Gasteiger partial charge in [-0.1, -0.05) is 23.7 Å². The molecule has 0 aliphatic rings. The third-order valence-electron chi connectivity index (χ3n) is 2.54. The molecule has 0 aliphatic carbocycles. The van der Waals surface area contributed by atoms with Gasteiger partial charge < -0.3 is 10.4 Å². The number of aliphatic hydroxyl groups is 1. The van der Waals surface area contributed by atoms with Gasteiger partial charge in [0, 0.05) is 18.2 Å². The van der Waals surface area contributed by atoms with Crippen LogP contribution in [0, 0.1) is 6.92 Å².